The molecule has 4 heteroatoms. The third kappa shape index (κ3) is 2.28. The molecule has 0 spiro atoms. The Morgan fingerprint density at radius 2 is 2.31 bits per heavy atom. The maximum Gasteiger partial charge on any atom is 0.0829 e. The van der Waals surface area contributed by atoms with Crippen LogP contribution in [0.5, 0.6) is 0 Å². The van der Waals surface area contributed by atoms with Crippen LogP contribution in [0, 0.1) is 5.92 Å². The Labute approximate surface area is 78.3 Å². The molecule has 1 fully saturated rings. The summed E-state index contributed by atoms with van der Waals surface area (Å²) in [6, 6.07) is 0. The summed E-state index contributed by atoms with van der Waals surface area (Å²) >= 11 is 0. The van der Waals surface area contributed by atoms with E-state index in [1.807, 2.05) is 13.2 Å². The van der Waals surface area contributed by atoms with Gasteiger partial charge in [-0.2, -0.15) is 0 Å². The zero-order chi connectivity index (χ0) is 9.10. The highest BCUT2D eigenvalue weighted by atomic mass is 15.4. The molecule has 1 aliphatic heterocycles. The summed E-state index contributed by atoms with van der Waals surface area (Å²) in [7, 11) is 1.92. The Balaban J connectivity index is 1.89. The van der Waals surface area contributed by atoms with Crippen LogP contribution in [0.1, 0.15) is 18.5 Å². The van der Waals surface area contributed by atoms with Crippen LogP contribution in [0.15, 0.2) is 6.20 Å². The second kappa shape index (κ2) is 3.87. The van der Waals surface area contributed by atoms with E-state index in [-0.39, 0.29) is 0 Å². The van der Waals surface area contributed by atoms with Gasteiger partial charge in [0.05, 0.1) is 5.69 Å². The molecule has 13 heavy (non-hydrogen) atoms. The van der Waals surface area contributed by atoms with Crippen LogP contribution in [0.25, 0.3) is 0 Å². The van der Waals surface area contributed by atoms with Gasteiger partial charge in [-0.15, -0.1) is 5.10 Å². The van der Waals surface area contributed by atoms with Crippen LogP contribution in [0.4, 0.5) is 0 Å². The molecule has 0 amide bonds. The summed E-state index contributed by atoms with van der Waals surface area (Å²) in [5.74, 6) is 0.804. The molecule has 0 radical (unpaired) electrons. The van der Waals surface area contributed by atoms with E-state index in [2.05, 4.69) is 15.6 Å². The predicted molar refractivity (Wildman–Crippen MR) is 50.3 cm³/mol. The molecule has 1 saturated heterocycles. The van der Waals surface area contributed by atoms with Crippen LogP contribution < -0.4 is 5.32 Å². The summed E-state index contributed by atoms with van der Waals surface area (Å²) in [5, 5.41) is 11.4. The van der Waals surface area contributed by atoms with E-state index in [1.54, 1.807) is 4.68 Å². The number of hydrogen-bond acceptors (Lipinski definition) is 3. The van der Waals surface area contributed by atoms with Gasteiger partial charge in [0.25, 0.3) is 0 Å². The monoisotopic (exact) mass is 180 g/mol. The molecule has 1 aromatic rings. The van der Waals surface area contributed by atoms with Crippen LogP contribution >= 0.6 is 0 Å². The number of hydrogen-bond donors (Lipinski definition) is 1. The van der Waals surface area contributed by atoms with Gasteiger partial charge in [0.2, 0.25) is 0 Å². The van der Waals surface area contributed by atoms with Crippen LogP contribution in [-0.4, -0.2) is 28.1 Å². The van der Waals surface area contributed by atoms with Gasteiger partial charge in [-0.05, 0) is 38.3 Å². The first-order valence-corrected chi connectivity index (χ1v) is 4.90. The molecule has 2 rings (SSSR count). The van der Waals surface area contributed by atoms with Crippen molar-refractivity contribution in [2.45, 2.75) is 19.3 Å². The fourth-order valence-electron chi connectivity index (χ4n) is 1.87. The third-order valence-electron chi connectivity index (χ3n) is 2.61. The number of nitrogens with zero attached hydrogens (tertiary/aromatic N) is 3. The Hall–Kier alpha value is -0.900. The van der Waals surface area contributed by atoms with Crippen molar-refractivity contribution in [1.29, 1.82) is 0 Å². The number of aryl methyl sites for hydroxylation is 1. The highest BCUT2D eigenvalue weighted by molar-refractivity contribution is 4.94. The van der Waals surface area contributed by atoms with Gasteiger partial charge < -0.3 is 5.32 Å². The van der Waals surface area contributed by atoms with Crippen molar-refractivity contribution in [2.24, 2.45) is 13.0 Å². The van der Waals surface area contributed by atoms with Crippen molar-refractivity contribution >= 4 is 0 Å². The fourth-order valence-corrected chi connectivity index (χ4v) is 1.87. The first kappa shape index (κ1) is 8.69. The topological polar surface area (TPSA) is 42.7 Å². The zero-order valence-corrected chi connectivity index (χ0v) is 8.03. The summed E-state index contributed by atoms with van der Waals surface area (Å²) in [6.45, 7) is 2.32. The minimum atomic E-state index is 0.804. The number of piperidine rings is 1. The van der Waals surface area contributed by atoms with Gasteiger partial charge in [-0.1, -0.05) is 5.21 Å². The molecule has 0 aromatic carbocycles. The normalized spacial score (nSPS) is 19.2. The number of aromatic nitrogens is 3. The molecule has 0 aliphatic carbocycles. The van der Waals surface area contributed by atoms with Crippen molar-refractivity contribution < 1.29 is 0 Å². The molecule has 0 atom stereocenters. The smallest absolute Gasteiger partial charge is 0.0829 e. The van der Waals surface area contributed by atoms with Crippen LogP contribution in [0.3, 0.4) is 0 Å². The molecule has 1 aromatic heterocycles. The minimum absolute atomic E-state index is 0.804. The van der Waals surface area contributed by atoms with Gasteiger partial charge in [0, 0.05) is 13.2 Å². The van der Waals surface area contributed by atoms with E-state index in [9.17, 15) is 0 Å². The van der Waals surface area contributed by atoms with Crippen molar-refractivity contribution in [3.8, 4) is 0 Å². The molecule has 1 N–H and O–H groups in total. The Morgan fingerprint density at radius 3 is 2.92 bits per heavy atom. The SMILES string of the molecule is Cn1cc(CC2CCNCC2)nn1. The van der Waals surface area contributed by atoms with E-state index in [0.29, 0.717) is 0 Å². The lowest BCUT2D eigenvalue weighted by Gasteiger charge is -2.21. The Bertz CT molecular complexity index is 262. The number of rotatable bonds is 2. The highest BCUT2D eigenvalue weighted by Crippen LogP contribution is 2.15. The molecule has 4 nitrogen and oxygen atoms in total. The highest BCUT2D eigenvalue weighted by Gasteiger charge is 2.14. The molecule has 0 saturated carbocycles. The van der Waals surface area contributed by atoms with Crippen molar-refractivity contribution in [3.05, 3.63) is 11.9 Å². The second-order valence-electron chi connectivity index (χ2n) is 3.78. The second-order valence-corrected chi connectivity index (χ2v) is 3.78. The average Bonchev–Trinajstić information content (AvgIpc) is 2.53. The molecule has 1 aliphatic rings. The van der Waals surface area contributed by atoms with Gasteiger partial charge in [-0.3, -0.25) is 4.68 Å². The Morgan fingerprint density at radius 1 is 1.54 bits per heavy atom. The van der Waals surface area contributed by atoms with Gasteiger partial charge in [0.15, 0.2) is 0 Å². The molecular formula is C9H16N4. The van der Waals surface area contributed by atoms with Gasteiger partial charge >= 0.3 is 0 Å². The minimum Gasteiger partial charge on any atom is -0.317 e. The number of nitrogens with one attached hydrogen (secondary N) is 1. The largest absolute Gasteiger partial charge is 0.317 e. The fraction of sp³-hybridized carbons (Fsp3) is 0.778. The summed E-state index contributed by atoms with van der Waals surface area (Å²) in [4.78, 5) is 0. The Kier molecular flexibility index (Phi) is 2.59. The van der Waals surface area contributed by atoms with Crippen molar-refractivity contribution in [2.75, 3.05) is 13.1 Å². The van der Waals surface area contributed by atoms with E-state index >= 15 is 0 Å². The lowest BCUT2D eigenvalue weighted by molar-refractivity contribution is 0.370. The molecule has 2 heterocycles. The lowest BCUT2D eigenvalue weighted by Crippen LogP contribution is -2.28. The molecule has 0 unspecified atom stereocenters. The van der Waals surface area contributed by atoms with Gasteiger partial charge in [0.1, 0.15) is 0 Å². The molecular weight excluding hydrogens is 164 g/mol. The molecule has 0 bridgehead atoms. The van der Waals surface area contributed by atoms with Crippen molar-refractivity contribution in [3.63, 3.8) is 0 Å². The summed E-state index contributed by atoms with van der Waals surface area (Å²) in [5.41, 5.74) is 1.13. The zero-order valence-electron chi connectivity index (χ0n) is 8.03. The van der Waals surface area contributed by atoms with E-state index < -0.39 is 0 Å². The first-order valence-electron chi connectivity index (χ1n) is 4.90. The lowest BCUT2D eigenvalue weighted by atomic mass is 9.93. The maximum absolute atomic E-state index is 4.10. The third-order valence-corrected chi connectivity index (χ3v) is 2.61. The van der Waals surface area contributed by atoms with E-state index in [1.165, 1.54) is 12.8 Å². The standard InChI is InChI=1S/C9H16N4/c1-13-7-9(11-12-13)6-8-2-4-10-5-3-8/h7-8,10H,2-6H2,1H3. The summed E-state index contributed by atoms with van der Waals surface area (Å²) < 4.78 is 1.77. The van der Waals surface area contributed by atoms with E-state index in [4.69, 9.17) is 0 Å². The quantitative estimate of drug-likeness (QED) is 0.714. The predicted octanol–water partition coefficient (Wildman–Crippen LogP) is 0.357. The summed E-state index contributed by atoms with van der Waals surface area (Å²) in [6.07, 6.45) is 5.66. The van der Waals surface area contributed by atoms with Gasteiger partial charge in [-0.25, -0.2) is 0 Å². The van der Waals surface area contributed by atoms with Crippen molar-refractivity contribution in [1.82, 2.24) is 20.3 Å². The maximum atomic E-state index is 4.10. The average molecular weight is 180 g/mol. The first-order chi connectivity index (χ1) is 6.34. The molecule has 72 valence electrons. The van der Waals surface area contributed by atoms with Crippen LogP contribution in [0.2, 0.25) is 0 Å². The van der Waals surface area contributed by atoms with E-state index in [0.717, 1.165) is 31.1 Å². The van der Waals surface area contributed by atoms with Crippen LogP contribution in [-0.2, 0) is 13.5 Å².